The zero-order valence-electron chi connectivity index (χ0n) is 43.9. The number of aliphatic hydroxyl groups excluding tert-OH is 3. The van der Waals surface area contributed by atoms with Gasteiger partial charge in [0.25, 0.3) is 0 Å². The fourth-order valence-electron chi connectivity index (χ4n) is 6.68. The van der Waals surface area contributed by atoms with Crippen molar-refractivity contribution in [2.24, 2.45) is 34.2 Å². The third kappa shape index (κ3) is 24.6. The van der Waals surface area contributed by atoms with Gasteiger partial charge in [-0.2, -0.15) is 0 Å². The van der Waals surface area contributed by atoms with Gasteiger partial charge in [0.15, 0.2) is 12.0 Å². The number of nitrogens with one attached hydrogen (secondary N) is 8. The zero-order chi connectivity index (χ0) is 55.7. The molecule has 0 aliphatic carbocycles. The molecule has 0 aliphatic heterocycles. The Labute approximate surface area is 427 Å². The molecule has 0 radical (unpaired) electrons. The molecule has 8 amide bonds. The maximum Gasteiger partial charge on any atom is 0.408 e. The van der Waals surface area contributed by atoms with Gasteiger partial charge in [-0.1, -0.05) is 78.3 Å². The lowest BCUT2D eigenvalue weighted by molar-refractivity contribution is -0.150. The van der Waals surface area contributed by atoms with Crippen LogP contribution in [0, 0.1) is 17.8 Å². The van der Waals surface area contributed by atoms with Crippen molar-refractivity contribution in [1.82, 2.24) is 42.5 Å². The molecule has 1 aromatic rings. The molecule has 0 aromatic heterocycles. The van der Waals surface area contributed by atoms with Gasteiger partial charge in [0, 0.05) is 6.54 Å². The molecule has 0 fully saturated rings. The fraction of sp³-hybridized carbons (Fsp3) is 0.667. The number of rotatable bonds is 30. The van der Waals surface area contributed by atoms with E-state index in [2.05, 4.69) is 47.5 Å². The van der Waals surface area contributed by atoms with Crippen molar-refractivity contribution in [3.05, 3.63) is 35.9 Å². The lowest BCUT2D eigenvalue weighted by Gasteiger charge is -2.31. The van der Waals surface area contributed by atoms with E-state index in [0.717, 1.165) is 0 Å². The van der Waals surface area contributed by atoms with E-state index in [9.17, 15) is 58.5 Å². The molecule has 412 valence electrons. The quantitative estimate of drug-likeness (QED) is 0.0175. The Morgan fingerprint density at radius 2 is 1.25 bits per heavy atom. The van der Waals surface area contributed by atoms with E-state index < -0.39 is 139 Å². The summed E-state index contributed by atoms with van der Waals surface area (Å²) in [6.45, 7) is 15.9. The molecule has 0 heterocycles. The standard InChI is InChI=1S/C48H81N11O14/c1-12-27(6)35(43(68)58-36(29(8)61)42(67)52-22-34(62)53-28(7)39(64)56-33(23-60)45(70)72-24-30-17-14-13-15-18-30)57-40(65)31(19-16-20-51-46(49)50)54-41(66)32(21-25(2)3)55-44(69)37(38(63)26(4)5)59-47(71)73-48(9,10)11/h13-15,17-18,25-29,31-33,35-38,60-61,63H,12,16,19-24H2,1-11H3,(H,52,67)(H,53,62)(H,54,66)(H,55,69)(H,56,64)(H,57,65)(H,58,68)(H,59,71)(H4,49,50,51)/t27-,28-,29-,31+,32-,33-,35-,36-,37-,38+/m0/s1. The highest BCUT2D eigenvalue weighted by molar-refractivity contribution is 5.97. The third-order valence-electron chi connectivity index (χ3n) is 11.0. The monoisotopic (exact) mass is 1040 g/mol. The first kappa shape index (κ1) is 64.4. The highest BCUT2D eigenvalue weighted by atomic mass is 16.6. The summed E-state index contributed by atoms with van der Waals surface area (Å²) < 4.78 is 10.5. The molecule has 15 N–H and O–H groups in total. The van der Waals surface area contributed by atoms with Crippen molar-refractivity contribution in [2.45, 2.75) is 169 Å². The number of amides is 8. The van der Waals surface area contributed by atoms with Crippen LogP contribution in [-0.4, -0.2) is 154 Å². The topological polar surface area (TPSA) is 393 Å². The molecule has 10 atom stereocenters. The Balaban J connectivity index is 3.23. The van der Waals surface area contributed by atoms with E-state index in [1.54, 1.807) is 92.6 Å². The van der Waals surface area contributed by atoms with Crippen LogP contribution in [0.25, 0.3) is 0 Å². The first-order valence-corrected chi connectivity index (χ1v) is 24.3. The lowest BCUT2D eigenvalue weighted by atomic mass is 9.96. The highest BCUT2D eigenvalue weighted by Crippen LogP contribution is 2.15. The largest absolute Gasteiger partial charge is 0.459 e. The number of aliphatic imine (C=N–C) groups is 1. The third-order valence-corrected chi connectivity index (χ3v) is 11.0. The number of guanidine groups is 1. The number of nitrogens with two attached hydrogens (primary N) is 2. The van der Waals surface area contributed by atoms with E-state index in [1.807, 2.05) is 0 Å². The molecule has 0 saturated heterocycles. The van der Waals surface area contributed by atoms with E-state index in [4.69, 9.17) is 20.9 Å². The number of alkyl carbamates (subject to hydrolysis) is 1. The van der Waals surface area contributed by atoms with Crippen molar-refractivity contribution >= 4 is 59.4 Å². The predicted octanol–water partition coefficient (Wildman–Crippen LogP) is -1.80. The second-order valence-corrected chi connectivity index (χ2v) is 19.5. The van der Waals surface area contributed by atoms with Crippen molar-refractivity contribution in [3.63, 3.8) is 0 Å². The maximum atomic E-state index is 14.2. The summed E-state index contributed by atoms with van der Waals surface area (Å²) in [6.07, 6.45) is -3.50. The van der Waals surface area contributed by atoms with Crippen LogP contribution in [0.1, 0.15) is 107 Å². The Hall–Kier alpha value is -6.60. The number of carbonyl (C=O) groups is 9. The summed E-state index contributed by atoms with van der Waals surface area (Å²) in [5.74, 6) is -8.72. The average molecular weight is 1040 g/mol. The molecule has 1 rings (SSSR count). The molecule has 0 unspecified atom stereocenters. The summed E-state index contributed by atoms with van der Waals surface area (Å²) in [7, 11) is 0. The molecule has 25 heteroatoms. The Bertz CT molecular complexity index is 2010. The molecule has 0 saturated carbocycles. The second kappa shape index (κ2) is 31.8. The van der Waals surface area contributed by atoms with Gasteiger partial charge in [-0.15, -0.1) is 0 Å². The zero-order valence-corrected chi connectivity index (χ0v) is 43.9. The normalized spacial score (nSPS) is 15.5. The summed E-state index contributed by atoms with van der Waals surface area (Å²) in [6, 6.07) is -1.28. The van der Waals surface area contributed by atoms with Gasteiger partial charge in [0.1, 0.15) is 48.5 Å². The molecule has 0 aliphatic rings. The smallest absolute Gasteiger partial charge is 0.408 e. The number of nitrogens with zero attached hydrogens (tertiary/aromatic N) is 1. The van der Waals surface area contributed by atoms with Gasteiger partial charge >= 0.3 is 12.1 Å². The van der Waals surface area contributed by atoms with Gasteiger partial charge in [0.05, 0.1) is 25.4 Å². The van der Waals surface area contributed by atoms with E-state index >= 15 is 0 Å². The summed E-state index contributed by atoms with van der Waals surface area (Å²) >= 11 is 0. The summed E-state index contributed by atoms with van der Waals surface area (Å²) in [4.78, 5) is 124. The van der Waals surface area contributed by atoms with Gasteiger partial charge in [0.2, 0.25) is 41.4 Å². The minimum Gasteiger partial charge on any atom is -0.459 e. The van der Waals surface area contributed by atoms with Crippen LogP contribution in [-0.2, 0) is 54.4 Å². The van der Waals surface area contributed by atoms with E-state index in [-0.39, 0.29) is 44.3 Å². The predicted molar refractivity (Wildman–Crippen MR) is 268 cm³/mol. The highest BCUT2D eigenvalue weighted by Gasteiger charge is 2.38. The first-order chi connectivity index (χ1) is 34.0. The van der Waals surface area contributed by atoms with Crippen LogP contribution < -0.4 is 54.0 Å². The Morgan fingerprint density at radius 1 is 0.685 bits per heavy atom. The Morgan fingerprint density at radius 3 is 1.78 bits per heavy atom. The Kier molecular flexibility index (Phi) is 28.0. The second-order valence-electron chi connectivity index (χ2n) is 19.5. The summed E-state index contributed by atoms with van der Waals surface area (Å²) in [5, 5.41) is 50.9. The number of benzene rings is 1. The van der Waals surface area contributed by atoms with Crippen LogP contribution in [0.3, 0.4) is 0 Å². The minimum atomic E-state index is -1.67. The number of carbonyl (C=O) groups excluding carboxylic acids is 9. The van der Waals surface area contributed by atoms with Gasteiger partial charge < -0.3 is 78.8 Å². The van der Waals surface area contributed by atoms with E-state index in [1.165, 1.54) is 13.8 Å². The minimum absolute atomic E-state index is 0.0417. The molecule has 0 bridgehead atoms. The number of aliphatic hydroxyl groups is 3. The molecule has 73 heavy (non-hydrogen) atoms. The van der Waals surface area contributed by atoms with E-state index in [0.29, 0.717) is 12.0 Å². The average Bonchev–Trinajstić information content (AvgIpc) is 3.30. The van der Waals surface area contributed by atoms with Crippen molar-refractivity contribution in [3.8, 4) is 0 Å². The van der Waals surface area contributed by atoms with Crippen molar-refractivity contribution < 1.29 is 67.9 Å². The SMILES string of the molecule is CC[C@H](C)[C@H](NC(=O)[C@@H](CCCN=C(N)N)NC(=O)[C@H](CC(C)C)NC(=O)[C@@H](NC(=O)OC(C)(C)C)[C@H](O)C(C)C)C(=O)N[C@H](C(=O)NCC(=O)N[C@@H](C)C(=O)N[C@@H](CO)C(=O)OCc1ccccc1)[C@H](C)O. The van der Waals surface area contributed by atoms with Crippen LogP contribution in [0.15, 0.2) is 35.3 Å². The number of hydrogen-bond donors (Lipinski definition) is 13. The van der Waals surface area contributed by atoms with Gasteiger partial charge in [-0.3, -0.25) is 38.6 Å². The molecular weight excluding hydrogens is 955 g/mol. The lowest BCUT2D eigenvalue weighted by Crippen LogP contribution is -2.62. The van der Waals surface area contributed by atoms with Crippen LogP contribution in [0.4, 0.5) is 4.79 Å². The molecular formula is C48H81N11O14. The van der Waals surface area contributed by atoms with Gasteiger partial charge in [-0.05, 0) is 77.2 Å². The molecule has 0 spiro atoms. The van der Waals surface area contributed by atoms with Gasteiger partial charge in [-0.25, -0.2) is 9.59 Å². The van der Waals surface area contributed by atoms with Crippen LogP contribution in [0.5, 0.6) is 0 Å². The number of hydrogen-bond acceptors (Lipinski definition) is 15. The summed E-state index contributed by atoms with van der Waals surface area (Å²) in [5.41, 5.74) is 10.7. The van der Waals surface area contributed by atoms with Crippen LogP contribution in [0.2, 0.25) is 0 Å². The maximum absolute atomic E-state index is 14.2. The first-order valence-electron chi connectivity index (χ1n) is 24.3. The number of esters is 1. The van der Waals surface area contributed by atoms with Crippen molar-refractivity contribution in [1.29, 1.82) is 0 Å². The molecule has 25 nitrogen and oxygen atoms in total. The number of ether oxygens (including phenoxy) is 2. The van der Waals surface area contributed by atoms with Crippen molar-refractivity contribution in [2.75, 3.05) is 19.7 Å². The fourth-order valence-corrected chi connectivity index (χ4v) is 6.68. The van der Waals surface area contributed by atoms with Crippen LogP contribution >= 0.6 is 0 Å². The molecule has 1 aromatic carbocycles.